The van der Waals surface area contributed by atoms with Crippen molar-refractivity contribution in [2.75, 3.05) is 27.3 Å². The second-order valence-electron chi connectivity index (χ2n) is 7.61. The Hall–Kier alpha value is -3.17. The van der Waals surface area contributed by atoms with Crippen LogP contribution in [-0.2, 0) is 14.8 Å². The van der Waals surface area contributed by atoms with Gasteiger partial charge in [0.1, 0.15) is 5.75 Å². The van der Waals surface area contributed by atoms with Crippen LogP contribution in [0.3, 0.4) is 0 Å². The highest BCUT2D eigenvalue weighted by atomic mass is 32.2. The molecule has 2 aromatic carbocycles. The summed E-state index contributed by atoms with van der Waals surface area (Å²) in [7, 11) is -0.825. The van der Waals surface area contributed by atoms with E-state index in [4.69, 9.17) is 9.47 Å². The molecule has 3 aromatic rings. The molecule has 1 aromatic heterocycles. The van der Waals surface area contributed by atoms with Crippen molar-refractivity contribution in [3.8, 4) is 5.75 Å². The number of hydrogen-bond donors (Lipinski definition) is 0. The lowest BCUT2D eigenvalue weighted by atomic mass is 9.97. The number of ether oxygens (including phenoxy) is 2. The van der Waals surface area contributed by atoms with Crippen molar-refractivity contribution in [3.05, 3.63) is 60.3 Å². The predicted molar refractivity (Wildman–Crippen MR) is 118 cm³/mol. The van der Waals surface area contributed by atoms with Gasteiger partial charge in [0.2, 0.25) is 15.9 Å². The molecule has 0 N–H and O–H groups in total. The smallest absolute Gasteiger partial charge is 0.340 e. The maximum absolute atomic E-state index is 13.3. The SMILES string of the molecule is COC(=O)c1cn(C(=O)C2CCN(S(=O)(=O)c3ccc(OC)cc3)CC2)c2ccccc12. The highest BCUT2D eigenvalue weighted by molar-refractivity contribution is 7.89. The first-order valence-corrected chi connectivity index (χ1v) is 11.7. The number of benzene rings is 2. The molecule has 0 saturated carbocycles. The lowest BCUT2D eigenvalue weighted by Gasteiger charge is -2.30. The van der Waals surface area contributed by atoms with E-state index in [0.717, 1.165) is 0 Å². The van der Waals surface area contributed by atoms with E-state index in [1.807, 2.05) is 0 Å². The van der Waals surface area contributed by atoms with E-state index >= 15 is 0 Å². The topological polar surface area (TPSA) is 94.9 Å². The fourth-order valence-corrected chi connectivity index (χ4v) is 5.54. The molecule has 1 aliphatic rings. The monoisotopic (exact) mass is 456 g/mol. The van der Waals surface area contributed by atoms with Gasteiger partial charge in [0.25, 0.3) is 0 Å². The number of piperidine rings is 1. The lowest BCUT2D eigenvalue weighted by Crippen LogP contribution is -2.41. The Morgan fingerprint density at radius 2 is 1.62 bits per heavy atom. The van der Waals surface area contributed by atoms with Gasteiger partial charge < -0.3 is 9.47 Å². The predicted octanol–water partition coefficient (Wildman–Crippen LogP) is 3.18. The second-order valence-corrected chi connectivity index (χ2v) is 9.55. The number of aromatic nitrogens is 1. The van der Waals surface area contributed by atoms with Gasteiger partial charge in [0.05, 0.1) is 30.2 Å². The number of nitrogens with zero attached hydrogens (tertiary/aromatic N) is 2. The van der Waals surface area contributed by atoms with Crippen molar-refractivity contribution in [2.24, 2.45) is 5.92 Å². The molecule has 0 radical (unpaired) electrons. The van der Waals surface area contributed by atoms with E-state index in [9.17, 15) is 18.0 Å². The van der Waals surface area contributed by atoms with Crippen LogP contribution in [0.5, 0.6) is 5.75 Å². The molecule has 168 valence electrons. The highest BCUT2D eigenvalue weighted by Crippen LogP contribution is 2.28. The molecule has 4 rings (SSSR count). The fourth-order valence-electron chi connectivity index (χ4n) is 4.07. The first-order chi connectivity index (χ1) is 15.4. The van der Waals surface area contributed by atoms with Crippen molar-refractivity contribution in [1.29, 1.82) is 0 Å². The molecule has 1 fully saturated rings. The summed E-state index contributed by atoms with van der Waals surface area (Å²) in [6, 6.07) is 13.4. The Morgan fingerprint density at radius 1 is 0.969 bits per heavy atom. The number of rotatable bonds is 5. The first kappa shape index (κ1) is 22.0. The summed E-state index contributed by atoms with van der Waals surface area (Å²) in [5.41, 5.74) is 0.960. The summed E-state index contributed by atoms with van der Waals surface area (Å²) in [5, 5.41) is 0.646. The van der Waals surface area contributed by atoms with Crippen molar-refractivity contribution in [3.63, 3.8) is 0 Å². The van der Waals surface area contributed by atoms with Gasteiger partial charge in [-0.3, -0.25) is 9.36 Å². The number of carbonyl (C=O) groups excluding carboxylic acids is 2. The molecule has 9 heteroatoms. The van der Waals surface area contributed by atoms with Crippen LogP contribution in [0.1, 0.15) is 28.0 Å². The summed E-state index contributed by atoms with van der Waals surface area (Å²) in [4.78, 5) is 25.6. The maximum atomic E-state index is 13.3. The molecule has 2 heterocycles. The van der Waals surface area contributed by atoms with Gasteiger partial charge in [-0.05, 0) is 43.2 Å². The Morgan fingerprint density at radius 3 is 2.25 bits per heavy atom. The molecule has 0 unspecified atom stereocenters. The molecule has 1 aliphatic heterocycles. The number of esters is 1. The van der Waals surface area contributed by atoms with Gasteiger partial charge in [0.15, 0.2) is 0 Å². The van der Waals surface area contributed by atoms with Crippen LogP contribution in [0, 0.1) is 5.92 Å². The number of fused-ring (bicyclic) bond motifs is 1. The molecular formula is C23H24N2O6S. The molecule has 0 amide bonds. The molecule has 0 bridgehead atoms. The Bertz CT molecular complexity index is 1260. The average molecular weight is 457 g/mol. The molecule has 0 spiro atoms. The van der Waals surface area contributed by atoms with Gasteiger partial charge in [-0.1, -0.05) is 18.2 Å². The Kier molecular flexibility index (Phi) is 6.03. The summed E-state index contributed by atoms with van der Waals surface area (Å²) in [6.45, 7) is 0.488. The van der Waals surface area contributed by atoms with Gasteiger partial charge >= 0.3 is 5.97 Å². The Balaban J connectivity index is 1.52. The van der Waals surface area contributed by atoms with Crippen molar-refractivity contribution < 1.29 is 27.5 Å². The quantitative estimate of drug-likeness (QED) is 0.548. The van der Waals surface area contributed by atoms with E-state index in [2.05, 4.69) is 0 Å². The largest absolute Gasteiger partial charge is 0.497 e. The normalized spacial score (nSPS) is 15.6. The van der Waals surface area contributed by atoms with Gasteiger partial charge in [-0.2, -0.15) is 4.31 Å². The van der Waals surface area contributed by atoms with Crippen molar-refractivity contribution in [1.82, 2.24) is 8.87 Å². The van der Waals surface area contributed by atoms with Crippen LogP contribution >= 0.6 is 0 Å². The number of hydrogen-bond acceptors (Lipinski definition) is 6. The number of methoxy groups -OCH3 is 2. The van der Waals surface area contributed by atoms with Gasteiger partial charge in [-0.15, -0.1) is 0 Å². The molecule has 0 aliphatic carbocycles. The maximum Gasteiger partial charge on any atom is 0.340 e. The minimum absolute atomic E-state index is 0.155. The third-order valence-electron chi connectivity index (χ3n) is 5.86. The summed E-state index contributed by atoms with van der Waals surface area (Å²) < 4.78 is 38.8. The lowest BCUT2D eigenvalue weighted by molar-refractivity contribution is 0.0603. The second kappa shape index (κ2) is 8.76. The molecule has 8 nitrogen and oxygen atoms in total. The van der Waals surface area contributed by atoms with Crippen LogP contribution in [-0.4, -0.2) is 56.5 Å². The summed E-state index contributed by atoms with van der Waals surface area (Å²) >= 11 is 0. The van der Waals surface area contributed by atoms with E-state index < -0.39 is 16.0 Å². The molecule has 1 saturated heterocycles. The van der Waals surface area contributed by atoms with E-state index in [0.29, 0.717) is 35.1 Å². The van der Waals surface area contributed by atoms with Crippen LogP contribution in [0.2, 0.25) is 0 Å². The molecular weight excluding hydrogens is 432 g/mol. The van der Waals surface area contributed by atoms with Crippen LogP contribution in [0.4, 0.5) is 0 Å². The van der Waals surface area contributed by atoms with Crippen molar-refractivity contribution in [2.45, 2.75) is 17.7 Å². The van der Waals surface area contributed by atoms with Crippen LogP contribution in [0.25, 0.3) is 10.9 Å². The van der Waals surface area contributed by atoms with Gasteiger partial charge in [-0.25, -0.2) is 13.2 Å². The summed E-state index contributed by atoms with van der Waals surface area (Å²) in [6.07, 6.45) is 2.31. The fraction of sp³-hybridized carbons (Fsp3) is 0.304. The standard InChI is InChI=1S/C23H24N2O6S/c1-30-17-7-9-18(10-8-17)32(28,29)24-13-11-16(12-14-24)22(26)25-15-20(23(27)31-2)19-5-3-4-6-21(19)25/h3-10,15-16H,11-14H2,1-2H3. The summed E-state index contributed by atoms with van der Waals surface area (Å²) in [5.74, 6) is -0.428. The number of sulfonamides is 1. The zero-order valence-corrected chi connectivity index (χ0v) is 18.7. The molecule has 32 heavy (non-hydrogen) atoms. The highest BCUT2D eigenvalue weighted by Gasteiger charge is 2.33. The van der Waals surface area contributed by atoms with Gasteiger partial charge in [0, 0.05) is 30.6 Å². The third kappa shape index (κ3) is 3.89. The number of para-hydroxylation sites is 1. The zero-order chi connectivity index (χ0) is 22.9. The van der Waals surface area contributed by atoms with E-state index in [1.54, 1.807) is 36.4 Å². The minimum atomic E-state index is -3.65. The van der Waals surface area contributed by atoms with Crippen molar-refractivity contribution >= 4 is 32.8 Å². The third-order valence-corrected chi connectivity index (χ3v) is 7.77. The Labute approximate surface area is 186 Å². The average Bonchev–Trinajstić information content (AvgIpc) is 3.23. The molecule has 0 atom stereocenters. The van der Waals surface area contributed by atoms with Crippen LogP contribution < -0.4 is 4.74 Å². The minimum Gasteiger partial charge on any atom is -0.497 e. The zero-order valence-electron chi connectivity index (χ0n) is 17.9. The van der Waals surface area contributed by atoms with Crippen LogP contribution in [0.15, 0.2) is 59.6 Å². The van der Waals surface area contributed by atoms with E-state index in [-0.39, 0.29) is 29.8 Å². The van der Waals surface area contributed by atoms with E-state index in [1.165, 1.54) is 41.4 Å². The number of carbonyl (C=O) groups is 2. The first-order valence-electron chi connectivity index (χ1n) is 10.2.